The van der Waals surface area contributed by atoms with Crippen LogP contribution in [0.1, 0.15) is 28.9 Å². The van der Waals surface area contributed by atoms with E-state index in [4.69, 9.17) is 0 Å². The van der Waals surface area contributed by atoms with E-state index >= 15 is 0 Å². The molecule has 0 bridgehead atoms. The zero-order valence-electron chi connectivity index (χ0n) is 11.3. The van der Waals surface area contributed by atoms with Crippen molar-refractivity contribution in [2.24, 2.45) is 0 Å². The molecule has 0 saturated carbocycles. The Balaban J connectivity index is 2.17. The third-order valence-corrected chi connectivity index (χ3v) is 4.06. The summed E-state index contributed by atoms with van der Waals surface area (Å²) in [6.45, 7) is 1.93. The Hall–Kier alpha value is -1.43. The number of amides is 1. The van der Waals surface area contributed by atoms with Crippen LogP contribution in [0.2, 0.25) is 0 Å². The highest BCUT2D eigenvalue weighted by Gasteiger charge is 2.18. The lowest BCUT2D eigenvalue weighted by atomic mass is 10.1. The van der Waals surface area contributed by atoms with Crippen LogP contribution in [0.15, 0.2) is 48.5 Å². The molecule has 1 unspecified atom stereocenters. The van der Waals surface area contributed by atoms with Crippen LogP contribution in [0.5, 0.6) is 0 Å². The SMILES string of the molecule is CC(c1ccc(F)cc1)N(C)C(=O)c1ccc(I)cc1. The van der Waals surface area contributed by atoms with Gasteiger partial charge in [-0.05, 0) is 71.5 Å². The van der Waals surface area contributed by atoms with Crippen molar-refractivity contribution in [2.75, 3.05) is 7.05 Å². The van der Waals surface area contributed by atoms with E-state index in [0.717, 1.165) is 9.13 Å². The van der Waals surface area contributed by atoms with Crippen LogP contribution < -0.4 is 0 Å². The zero-order chi connectivity index (χ0) is 14.7. The quantitative estimate of drug-likeness (QED) is 0.726. The lowest BCUT2D eigenvalue weighted by molar-refractivity contribution is 0.0742. The Labute approximate surface area is 131 Å². The first-order chi connectivity index (χ1) is 9.49. The second kappa shape index (κ2) is 6.35. The zero-order valence-corrected chi connectivity index (χ0v) is 13.5. The van der Waals surface area contributed by atoms with Crippen LogP contribution in [0.25, 0.3) is 0 Å². The van der Waals surface area contributed by atoms with E-state index in [9.17, 15) is 9.18 Å². The predicted octanol–water partition coefficient (Wildman–Crippen LogP) is 4.26. The summed E-state index contributed by atoms with van der Waals surface area (Å²) in [5.74, 6) is -0.314. The molecule has 2 aromatic rings. The topological polar surface area (TPSA) is 20.3 Å². The van der Waals surface area contributed by atoms with Crippen molar-refractivity contribution < 1.29 is 9.18 Å². The van der Waals surface area contributed by atoms with Gasteiger partial charge in [0, 0.05) is 16.2 Å². The molecule has 2 aromatic carbocycles. The van der Waals surface area contributed by atoms with Crippen LogP contribution in [0.3, 0.4) is 0 Å². The monoisotopic (exact) mass is 383 g/mol. The number of hydrogen-bond acceptors (Lipinski definition) is 1. The van der Waals surface area contributed by atoms with E-state index in [0.29, 0.717) is 5.56 Å². The molecule has 0 aliphatic rings. The van der Waals surface area contributed by atoms with E-state index in [2.05, 4.69) is 22.6 Å². The van der Waals surface area contributed by atoms with Gasteiger partial charge in [-0.25, -0.2) is 4.39 Å². The number of carbonyl (C=O) groups excluding carboxylic acids is 1. The molecule has 0 radical (unpaired) electrons. The van der Waals surface area contributed by atoms with Gasteiger partial charge in [0.05, 0.1) is 6.04 Å². The van der Waals surface area contributed by atoms with Crippen molar-refractivity contribution in [1.29, 1.82) is 0 Å². The Morgan fingerprint density at radius 2 is 1.65 bits per heavy atom. The minimum Gasteiger partial charge on any atom is -0.335 e. The molecule has 0 aliphatic heterocycles. The maximum Gasteiger partial charge on any atom is 0.254 e. The molecule has 0 spiro atoms. The van der Waals surface area contributed by atoms with Crippen LogP contribution >= 0.6 is 22.6 Å². The van der Waals surface area contributed by atoms with Crippen molar-refractivity contribution in [2.45, 2.75) is 13.0 Å². The second-order valence-electron chi connectivity index (χ2n) is 4.65. The molecule has 0 fully saturated rings. The minimum absolute atomic E-state index is 0.0433. The van der Waals surface area contributed by atoms with Crippen LogP contribution in [-0.2, 0) is 0 Å². The van der Waals surface area contributed by atoms with Crippen LogP contribution in [-0.4, -0.2) is 17.9 Å². The van der Waals surface area contributed by atoms with Crippen molar-refractivity contribution >= 4 is 28.5 Å². The Morgan fingerprint density at radius 3 is 2.20 bits per heavy atom. The highest BCUT2D eigenvalue weighted by atomic mass is 127. The van der Waals surface area contributed by atoms with E-state index in [1.165, 1.54) is 12.1 Å². The fourth-order valence-corrected chi connectivity index (χ4v) is 2.30. The van der Waals surface area contributed by atoms with Crippen molar-refractivity contribution in [1.82, 2.24) is 4.90 Å². The third kappa shape index (κ3) is 3.36. The van der Waals surface area contributed by atoms with E-state index in [1.54, 1.807) is 24.1 Å². The molecule has 0 aromatic heterocycles. The van der Waals surface area contributed by atoms with Crippen LogP contribution in [0.4, 0.5) is 4.39 Å². The summed E-state index contributed by atoms with van der Waals surface area (Å²) in [6.07, 6.45) is 0. The number of carbonyl (C=O) groups is 1. The summed E-state index contributed by atoms with van der Waals surface area (Å²) in [5.41, 5.74) is 1.56. The number of hydrogen-bond donors (Lipinski definition) is 0. The molecule has 20 heavy (non-hydrogen) atoms. The van der Waals surface area contributed by atoms with Gasteiger partial charge in [-0.2, -0.15) is 0 Å². The van der Waals surface area contributed by atoms with Gasteiger partial charge in [-0.1, -0.05) is 12.1 Å². The predicted molar refractivity (Wildman–Crippen MR) is 86.1 cm³/mol. The van der Waals surface area contributed by atoms with Crippen LogP contribution in [0, 0.1) is 9.39 Å². The molecule has 0 aliphatic carbocycles. The number of benzene rings is 2. The van der Waals surface area contributed by atoms with Crippen molar-refractivity contribution in [3.8, 4) is 0 Å². The third-order valence-electron chi connectivity index (χ3n) is 3.34. The molecule has 0 N–H and O–H groups in total. The van der Waals surface area contributed by atoms with Gasteiger partial charge < -0.3 is 4.90 Å². The molecule has 0 saturated heterocycles. The maximum absolute atomic E-state index is 12.9. The average molecular weight is 383 g/mol. The first-order valence-corrected chi connectivity index (χ1v) is 7.35. The molecule has 1 atom stereocenters. The largest absolute Gasteiger partial charge is 0.335 e. The summed E-state index contributed by atoms with van der Waals surface area (Å²) in [5, 5.41) is 0. The van der Waals surface area contributed by atoms with E-state index in [1.807, 2.05) is 31.2 Å². The standard InChI is InChI=1S/C16H15FINO/c1-11(12-3-7-14(17)8-4-12)19(2)16(20)13-5-9-15(18)10-6-13/h3-11H,1-2H3. The average Bonchev–Trinajstić information content (AvgIpc) is 2.46. The van der Waals surface area contributed by atoms with Gasteiger partial charge in [0.25, 0.3) is 5.91 Å². The van der Waals surface area contributed by atoms with Gasteiger partial charge in [0.1, 0.15) is 5.82 Å². The van der Waals surface area contributed by atoms with E-state index in [-0.39, 0.29) is 17.8 Å². The molecule has 2 rings (SSSR count). The number of rotatable bonds is 3. The Kier molecular flexibility index (Phi) is 4.75. The Morgan fingerprint density at radius 1 is 1.10 bits per heavy atom. The van der Waals surface area contributed by atoms with E-state index < -0.39 is 0 Å². The summed E-state index contributed by atoms with van der Waals surface area (Å²) >= 11 is 2.20. The summed E-state index contributed by atoms with van der Waals surface area (Å²) in [7, 11) is 1.76. The number of halogens is 2. The van der Waals surface area contributed by atoms with Gasteiger partial charge in [-0.15, -0.1) is 0 Å². The first kappa shape index (κ1) is 15.0. The summed E-state index contributed by atoms with van der Waals surface area (Å²) < 4.78 is 14.0. The van der Waals surface area contributed by atoms with Gasteiger partial charge in [-0.3, -0.25) is 4.79 Å². The number of nitrogens with zero attached hydrogens (tertiary/aromatic N) is 1. The van der Waals surface area contributed by atoms with Crippen molar-refractivity contribution in [3.63, 3.8) is 0 Å². The maximum atomic E-state index is 12.9. The molecular formula is C16H15FINO. The lowest BCUT2D eigenvalue weighted by Gasteiger charge is -2.25. The first-order valence-electron chi connectivity index (χ1n) is 6.27. The molecule has 1 amide bonds. The smallest absolute Gasteiger partial charge is 0.254 e. The lowest BCUT2D eigenvalue weighted by Crippen LogP contribution is -2.29. The normalized spacial score (nSPS) is 12.0. The molecule has 104 valence electrons. The summed E-state index contributed by atoms with van der Waals surface area (Å²) in [6, 6.07) is 13.6. The molecule has 2 nitrogen and oxygen atoms in total. The fraction of sp³-hybridized carbons (Fsp3) is 0.188. The highest BCUT2D eigenvalue weighted by molar-refractivity contribution is 14.1. The summed E-state index contributed by atoms with van der Waals surface area (Å²) in [4.78, 5) is 14.0. The van der Waals surface area contributed by atoms with Crippen molar-refractivity contribution in [3.05, 3.63) is 69.0 Å². The van der Waals surface area contributed by atoms with Gasteiger partial charge >= 0.3 is 0 Å². The molecule has 0 heterocycles. The molecule has 4 heteroatoms. The van der Waals surface area contributed by atoms with Gasteiger partial charge in [0.15, 0.2) is 0 Å². The van der Waals surface area contributed by atoms with Gasteiger partial charge in [0.2, 0.25) is 0 Å². The Bertz CT molecular complexity index is 595. The molecular weight excluding hydrogens is 368 g/mol. The second-order valence-corrected chi connectivity index (χ2v) is 5.90. The fourth-order valence-electron chi connectivity index (χ4n) is 1.94. The highest BCUT2D eigenvalue weighted by Crippen LogP contribution is 2.21. The minimum atomic E-state index is -0.271.